The van der Waals surface area contributed by atoms with Crippen LogP contribution in [0.4, 0.5) is 11.4 Å². The first-order chi connectivity index (χ1) is 19.0. The van der Waals surface area contributed by atoms with E-state index in [0.717, 1.165) is 6.42 Å². The number of carbonyl (C=O) groups is 2. The van der Waals surface area contributed by atoms with Crippen molar-refractivity contribution in [1.82, 2.24) is 0 Å². The molecule has 0 radical (unpaired) electrons. The largest absolute Gasteiger partial charge is 0.494 e. The van der Waals surface area contributed by atoms with Crippen molar-refractivity contribution in [3.05, 3.63) is 101 Å². The van der Waals surface area contributed by atoms with Crippen molar-refractivity contribution in [2.75, 3.05) is 16.6 Å². The Balaban J connectivity index is 1.37. The van der Waals surface area contributed by atoms with E-state index < -0.39 is 24.0 Å². The topological polar surface area (TPSA) is 72.2 Å². The first-order valence-electron chi connectivity index (χ1n) is 12.6. The summed E-state index contributed by atoms with van der Waals surface area (Å²) in [6, 6.07) is 24.2. The van der Waals surface area contributed by atoms with Gasteiger partial charge in [-0.2, -0.15) is 0 Å². The molecule has 3 aromatic carbocycles. The Bertz CT molecular complexity index is 1520. The molecule has 0 saturated carbocycles. The highest BCUT2D eigenvalue weighted by Gasteiger charge is 2.61. The van der Waals surface area contributed by atoms with Crippen LogP contribution in [0.15, 0.2) is 89.3 Å². The number of nitrogens with zero attached hydrogens (tertiary/aromatic N) is 2. The molecule has 0 spiro atoms. The average molecular weight is 563 g/mol. The highest BCUT2D eigenvalue weighted by atomic mass is 35.5. The minimum atomic E-state index is -1.01. The fraction of sp³-hybridized carbons (Fsp3) is 0.200. The number of ether oxygens (including phenoxy) is 1. The molecule has 0 aliphatic carbocycles. The van der Waals surface area contributed by atoms with E-state index in [1.165, 1.54) is 4.90 Å². The second-order valence-corrected chi connectivity index (χ2v) is 10.2. The van der Waals surface area contributed by atoms with Crippen molar-refractivity contribution in [3.8, 4) is 17.1 Å². The first kappa shape index (κ1) is 25.5. The maximum Gasteiger partial charge on any atom is 0.266 e. The van der Waals surface area contributed by atoms with Gasteiger partial charge in [0, 0.05) is 10.6 Å². The van der Waals surface area contributed by atoms with Crippen LogP contribution < -0.4 is 14.7 Å². The van der Waals surface area contributed by atoms with Gasteiger partial charge in [-0.05, 0) is 73.2 Å². The van der Waals surface area contributed by atoms with Crippen LogP contribution in [0.3, 0.4) is 0 Å². The molecule has 2 saturated heterocycles. The molecule has 3 heterocycles. The fourth-order valence-corrected chi connectivity index (χ4v) is 5.39. The van der Waals surface area contributed by atoms with Gasteiger partial charge in [-0.3, -0.25) is 14.4 Å². The first-order valence-corrected chi connectivity index (χ1v) is 13.4. The van der Waals surface area contributed by atoms with Gasteiger partial charge in [0.05, 0.1) is 23.0 Å². The summed E-state index contributed by atoms with van der Waals surface area (Å²) >= 11 is 12.6. The normalized spacial score (nSPS) is 20.5. The van der Waals surface area contributed by atoms with Crippen molar-refractivity contribution in [2.45, 2.75) is 25.5 Å². The van der Waals surface area contributed by atoms with E-state index in [1.807, 2.05) is 37.3 Å². The summed E-state index contributed by atoms with van der Waals surface area (Å²) in [5.74, 6) is -0.00157. The lowest BCUT2D eigenvalue weighted by molar-refractivity contribution is -0.126. The molecule has 9 heteroatoms. The number of para-hydroxylation sites is 1. The molecule has 3 atom stereocenters. The number of hydrogen-bond acceptors (Lipinski definition) is 6. The average Bonchev–Trinajstić information content (AvgIpc) is 3.65. The van der Waals surface area contributed by atoms with E-state index in [1.54, 1.807) is 59.7 Å². The molecule has 2 aliphatic rings. The number of fused-ring (bicyclic) bond motifs is 1. The van der Waals surface area contributed by atoms with Crippen LogP contribution in [0.1, 0.15) is 25.1 Å². The molecular weight excluding hydrogens is 539 g/mol. The third kappa shape index (κ3) is 4.56. The van der Waals surface area contributed by atoms with Gasteiger partial charge in [-0.1, -0.05) is 48.3 Å². The Labute approximate surface area is 235 Å². The zero-order valence-corrected chi connectivity index (χ0v) is 22.4. The van der Waals surface area contributed by atoms with Crippen LogP contribution in [0.2, 0.25) is 10.0 Å². The summed E-state index contributed by atoms with van der Waals surface area (Å²) in [6.07, 6.45) is -0.134. The van der Waals surface area contributed by atoms with E-state index in [9.17, 15) is 9.59 Å². The lowest BCUT2D eigenvalue weighted by atomic mass is 9.94. The van der Waals surface area contributed by atoms with Gasteiger partial charge in [0.15, 0.2) is 6.10 Å². The van der Waals surface area contributed by atoms with E-state index in [0.29, 0.717) is 50.9 Å². The zero-order chi connectivity index (χ0) is 27.1. The van der Waals surface area contributed by atoms with Gasteiger partial charge in [-0.25, -0.2) is 9.96 Å². The monoisotopic (exact) mass is 562 g/mol. The quantitative estimate of drug-likeness (QED) is 0.224. The SMILES string of the molecule is CCCOc1ccc(N2C(=O)[C@H]3[C@@H](ON(c4ccccc4)[C@H]3c3ccc(-c4cc(Cl)ccc4Cl)o3)C2=O)cc1. The summed E-state index contributed by atoms with van der Waals surface area (Å²) in [5, 5.41) is 2.58. The number of amides is 2. The van der Waals surface area contributed by atoms with Crippen molar-refractivity contribution in [3.63, 3.8) is 0 Å². The third-order valence-electron chi connectivity index (χ3n) is 6.81. The lowest BCUT2D eigenvalue weighted by Crippen LogP contribution is -2.37. The van der Waals surface area contributed by atoms with Crippen LogP contribution in [-0.4, -0.2) is 24.5 Å². The van der Waals surface area contributed by atoms with E-state index in [2.05, 4.69) is 0 Å². The molecule has 6 rings (SSSR count). The van der Waals surface area contributed by atoms with Crippen LogP contribution in [0.25, 0.3) is 11.3 Å². The molecule has 2 amide bonds. The van der Waals surface area contributed by atoms with E-state index in [-0.39, 0.29) is 5.91 Å². The van der Waals surface area contributed by atoms with Gasteiger partial charge >= 0.3 is 0 Å². The molecule has 2 fully saturated rings. The van der Waals surface area contributed by atoms with Crippen molar-refractivity contribution < 1.29 is 23.6 Å². The Morgan fingerprint density at radius 2 is 1.64 bits per heavy atom. The maximum atomic E-state index is 13.9. The van der Waals surface area contributed by atoms with Gasteiger partial charge in [0.2, 0.25) is 5.91 Å². The van der Waals surface area contributed by atoms with Gasteiger partial charge in [0.1, 0.15) is 29.2 Å². The van der Waals surface area contributed by atoms with Gasteiger partial charge < -0.3 is 9.15 Å². The Kier molecular flexibility index (Phi) is 6.81. The number of imide groups is 1. The molecule has 0 unspecified atom stereocenters. The number of rotatable bonds is 7. The van der Waals surface area contributed by atoms with Crippen LogP contribution in [-0.2, 0) is 14.4 Å². The standard InChI is InChI=1S/C30H24Cl2N2O5/c1-2-16-37-21-11-9-19(10-12-21)33-29(35)26-27(34(39-28(26)30(33)36)20-6-4-3-5-7-20)25-15-14-24(38-25)22-17-18(31)8-13-23(22)32/h3-15,17,26-28H,2,16H2,1H3/t26-,27+,28-/m1/s1. The maximum absolute atomic E-state index is 13.9. The Morgan fingerprint density at radius 3 is 2.38 bits per heavy atom. The van der Waals surface area contributed by atoms with E-state index in [4.69, 9.17) is 37.2 Å². The predicted molar refractivity (Wildman–Crippen MR) is 149 cm³/mol. The van der Waals surface area contributed by atoms with Crippen molar-refractivity contribution >= 4 is 46.4 Å². The van der Waals surface area contributed by atoms with Crippen LogP contribution in [0, 0.1) is 5.92 Å². The highest BCUT2D eigenvalue weighted by Crippen LogP contribution is 2.48. The lowest BCUT2D eigenvalue weighted by Gasteiger charge is -2.27. The minimum Gasteiger partial charge on any atom is -0.494 e. The molecule has 1 aromatic heterocycles. The number of hydrogen-bond donors (Lipinski definition) is 0. The number of furan rings is 1. The summed E-state index contributed by atoms with van der Waals surface area (Å²) in [6.45, 7) is 2.61. The smallest absolute Gasteiger partial charge is 0.266 e. The number of benzene rings is 3. The van der Waals surface area contributed by atoms with Gasteiger partial charge in [-0.15, -0.1) is 0 Å². The Morgan fingerprint density at radius 1 is 0.872 bits per heavy atom. The predicted octanol–water partition coefficient (Wildman–Crippen LogP) is 7.09. The fourth-order valence-electron chi connectivity index (χ4n) is 5.01. The number of anilines is 2. The molecular formula is C30H24Cl2N2O5. The molecule has 4 aromatic rings. The highest BCUT2D eigenvalue weighted by molar-refractivity contribution is 6.35. The molecule has 7 nitrogen and oxygen atoms in total. The minimum absolute atomic E-state index is 0.366. The second-order valence-electron chi connectivity index (χ2n) is 9.34. The van der Waals surface area contributed by atoms with Gasteiger partial charge in [0.25, 0.3) is 5.91 Å². The van der Waals surface area contributed by atoms with Crippen LogP contribution in [0.5, 0.6) is 5.75 Å². The zero-order valence-electron chi connectivity index (χ0n) is 20.9. The molecule has 198 valence electrons. The molecule has 39 heavy (non-hydrogen) atoms. The number of halogens is 2. The van der Waals surface area contributed by atoms with E-state index >= 15 is 0 Å². The summed E-state index contributed by atoms with van der Waals surface area (Å²) in [5.41, 5.74) is 1.78. The van der Waals surface area contributed by atoms with Crippen LogP contribution >= 0.6 is 23.2 Å². The number of carbonyl (C=O) groups excluding carboxylic acids is 2. The second kappa shape index (κ2) is 10.4. The molecule has 0 N–H and O–H groups in total. The number of hydroxylamine groups is 1. The molecule has 2 aliphatic heterocycles. The third-order valence-corrected chi connectivity index (χ3v) is 7.37. The Hall–Kier alpha value is -3.78. The molecule has 0 bridgehead atoms. The van der Waals surface area contributed by atoms with Crippen molar-refractivity contribution in [1.29, 1.82) is 0 Å². The summed E-state index contributed by atoms with van der Waals surface area (Å²) in [7, 11) is 0. The van der Waals surface area contributed by atoms with Crippen molar-refractivity contribution in [2.24, 2.45) is 5.92 Å². The summed E-state index contributed by atoms with van der Waals surface area (Å²) < 4.78 is 11.9. The summed E-state index contributed by atoms with van der Waals surface area (Å²) in [4.78, 5) is 34.8.